The molecule has 0 nitrogen and oxygen atoms in total. The Hall–Kier alpha value is -1.56. The van der Waals surface area contributed by atoms with Crippen LogP contribution in [0.2, 0.25) is 0 Å². The summed E-state index contributed by atoms with van der Waals surface area (Å²) in [4.78, 5) is 0. The molecule has 2 aromatic rings. The molecule has 0 heteroatoms. The average molecular weight is 266 g/mol. The molecule has 2 aromatic carbocycles. The van der Waals surface area contributed by atoms with Crippen LogP contribution in [0.25, 0.3) is 11.1 Å². The molecule has 0 spiro atoms. The molecular weight excluding hydrogens is 240 g/mol. The van der Waals surface area contributed by atoms with E-state index in [1.165, 1.54) is 46.2 Å². The van der Waals surface area contributed by atoms with E-state index in [0.29, 0.717) is 0 Å². The van der Waals surface area contributed by atoms with Crippen molar-refractivity contribution in [1.82, 2.24) is 0 Å². The first-order valence-corrected chi connectivity index (χ1v) is 7.68. The normalized spacial score (nSPS) is 12.4. The van der Waals surface area contributed by atoms with Crippen LogP contribution in [0.1, 0.15) is 42.5 Å². The molecule has 2 rings (SSSR count). The third-order valence-corrected chi connectivity index (χ3v) is 4.21. The third-order valence-electron chi connectivity index (χ3n) is 4.21. The Kier molecular flexibility index (Phi) is 4.65. The topological polar surface area (TPSA) is 0 Å². The molecule has 0 saturated carbocycles. The zero-order chi connectivity index (χ0) is 14.7. The van der Waals surface area contributed by atoms with E-state index in [4.69, 9.17) is 0 Å². The molecule has 0 aliphatic heterocycles. The van der Waals surface area contributed by atoms with Gasteiger partial charge in [0.1, 0.15) is 0 Å². The molecule has 20 heavy (non-hydrogen) atoms. The van der Waals surface area contributed by atoms with Gasteiger partial charge in [-0.15, -0.1) is 0 Å². The van der Waals surface area contributed by atoms with Gasteiger partial charge in [-0.2, -0.15) is 0 Å². The molecule has 0 aromatic heterocycles. The predicted octanol–water partition coefficient (Wildman–Crippen LogP) is 5.87. The van der Waals surface area contributed by atoms with Crippen LogP contribution >= 0.6 is 0 Å². The van der Waals surface area contributed by atoms with E-state index >= 15 is 0 Å². The molecular formula is C20H26. The molecule has 0 amide bonds. The van der Waals surface area contributed by atoms with Crippen molar-refractivity contribution in [3.63, 3.8) is 0 Å². The summed E-state index contributed by atoms with van der Waals surface area (Å²) in [5, 5.41) is 0. The Labute approximate surface area is 123 Å². The van der Waals surface area contributed by atoms with Crippen molar-refractivity contribution in [1.29, 1.82) is 0 Å². The largest absolute Gasteiger partial charge is 0.0651 e. The van der Waals surface area contributed by atoms with E-state index in [1.807, 2.05) is 0 Å². The molecule has 1 unspecified atom stereocenters. The summed E-state index contributed by atoms with van der Waals surface area (Å²) in [5.74, 6) is 0.738. The Balaban J connectivity index is 2.53. The lowest BCUT2D eigenvalue weighted by Crippen LogP contribution is -2.01. The second kappa shape index (κ2) is 6.26. The SMILES string of the molecule is CCC(C)Cc1ccc(C)cc1-c1cc(C)ccc1C. The van der Waals surface area contributed by atoms with Crippen molar-refractivity contribution >= 4 is 0 Å². The first-order valence-electron chi connectivity index (χ1n) is 7.68. The maximum Gasteiger partial charge on any atom is -0.0146 e. The molecule has 0 aliphatic carbocycles. The minimum Gasteiger partial charge on any atom is -0.0651 e. The van der Waals surface area contributed by atoms with E-state index in [1.54, 1.807) is 0 Å². The van der Waals surface area contributed by atoms with Gasteiger partial charge in [0, 0.05) is 0 Å². The molecule has 0 aliphatic rings. The number of aryl methyl sites for hydroxylation is 3. The highest BCUT2D eigenvalue weighted by molar-refractivity contribution is 5.72. The van der Waals surface area contributed by atoms with Crippen molar-refractivity contribution in [2.45, 2.75) is 47.5 Å². The van der Waals surface area contributed by atoms with Gasteiger partial charge < -0.3 is 0 Å². The van der Waals surface area contributed by atoms with Crippen LogP contribution in [-0.2, 0) is 6.42 Å². The fourth-order valence-corrected chi connectivity index (χ4v) is 2.66. The van der Waals surface area contributed by atoms with Crippen LogP contribution in [0, 0.1) is 26.7 Å². The quantitative estimate of drug-likeness (QED) is 0.649. The summed E-state index contributed by atoms with van der Waals surface area (Å²) < 4.78 is 0. The summed E-state index contributed by atoms with van der Waals surface area (Å²) in [6.07, 6.45) is 2.40. The minimum atomic E-state index is 0.738. The zero-order valence-corrected chi connectivity index (χ0v) is 13.5. The van der Waals surface area contributed by atoms with E-state index in [-0.39, 0.29) is 0 Å². The second-order valence-electron chi connectivity index (χ2n) is 6.20. The monoisotopic (exact) mass is 266 g/mol. The van der Waals surface area contributed by atoms with Crippen molar-refractivity contribution < 1.29 is 0 Å². The zero-order valence-electron chi connectivity index (χ0n) is 13.5. The van der Waals surface area contributed by atoms with Crippen molar-refractivity contribution in [3.8, 4) is 11.1 Å². The smallest absolute Gasteiger partial charge is 0.0146 e. The highest BCUT2D eigenvalue weighted by Crippen LogP contribution is 2.30. The second-order valence-corrected chi connectivity index (χ2v) is 6.20. The van der Waals surface area contributed by atoms with Crippen molar-refractivity contribution in [3.05, 3.63) is 58.7 Å². The van der Waals surface area contributed by atoms with Crippen molar-refractivity contribution in [2.24, 2.45) is 5.92 Å². The Bertz CT molecular complexity index is 593. The van der Waals surface area contributed by atoms with Crippen LogP contribution in [-0.4, -0.2) is 0 Å². The highest BCUT2D eigenvalue weighted by atomic mass is 14.2. The maximum absolute atomic E-state index is 2.35. The van der Waals surface area contributed by atoms with Gasteiger partial charge in [-0.25, -0.2) is 0 Å². The summed E-state index contributed by atoms with van der Waals surface area (Å²) in [5.41, 5.74) is 8.35. The number of hydrogen-bond acceptors (Lipinski definition) is 0. The first kappa shape index (κ1) is 14.8. The summed E-state index contributed by atoms with van der Waals surface area (Å²) >= 11 is 0. The van der Waals surface area contributed by atoms with Crippen LogP contribution < -0.4 is 0 Å². The van der Waals surface area contributed by atoms with Crippen LogP contribution in [0.4, 0.5) is 0 Å². The fraction of sp³-hybridized carbons (Fsp3) is 0.400. The minimum absolute atomic E-state index is 0.738. The lowest BCUT2D eigenvalue weighted by atomic mass is 9.88. The van der Waals surface area contributed by atoms with E-state index in [2.05, 4.69) is 71.0 Å². The van der Waals surface area contributed by atoms with Gasteiger partial charge in [-0.05, 0) is 55.4 Å². The van der Waals surface area contributed by atoms with Gasteiger partial charge in [-0.3, -0.25) is 0 Å². The Morgan fingerprint density at radius 3 is 2.10 bits per heavy atom. The van der Waals surface area contributed by atoms with Gasteiger partial charge in [-0.1, -0.05) is 67.8 Å². The standard InChI is InChI=1S/C20H26/c1-6-14(2)11-18-10-8-16(4)13-20(18)19-12-15(3)7-9-17(19)5/h7-10,12-14H,6,11H2,1-5H3. The lowest BCUT2D eigenvalue weighted by molar-refractivity contribution is 0.561. The summed E-state index contributed by atoms with van der Waals surface area (Å²) in [7, 11) is 0. The third kappa shape index (κ3) is 3.30. The predicted molar refractivity (Wildman–Crippen MR) is 89.2 cm³/mol. The van der Waals surface area contributed by atoms with E-state index < -0.39 is 0 Å². The highest BCUT2D eigenvalue weighted by Gasteiger charge is 2.11. The van der Waals surface area contributed by atoms with Gasteiger partial charge in [0.25, 0.3) is 0 Å². The molecule has 0 saturated heterocycles. The number of benzene rings is 2. The summed E-state index contributed by atoms with van der Waals surface area (Å²) in [6.45, 7) is 11.2. The Morgan fingerprint density at radius 2 is 1.45 bits per heavy atom. The molecule has 0 fully saturated rings. The Morgan fingerprint density at radius 1 is 0.850 bits per heavy atom. The van der Waals surface area contributed by atoms with Gasteiger partial charge in [0.15, 0.2) is 0 Å². The molecule has 0 heterocycles. The number of hydrogen-bond donors (Lipinski definition) is 0. The van der Waals surface area contributed by atoms with Crippen LogP contribution in [0.5, 0.6) is 0 Å². The van der Waals surface area contributed by atoms with Gasteiger partial charge in [0.2, 0.25) is 0 Å². The molecule has 106 valence electrons. The van der Waals surface area contributed by atoms with E-state index in [9.17, 15) is 0 Å². The first-order chi connectivity index (χ1) is 9.51. The van der Waals surface area contributed by atoms with E-state index in [0.717, 1.165) is 5.92 Å². The lowest BCUT2D eigenvalue weighted by Gasteiger charge is -2.16. The molecule has 0 N–H and O–H groups in total. The maximum atomic E-state index is 2.35. The van der Waals surface area contributed by atoms with Gasteiger partial charge in [0.05, 0.1) is 0 Å². The summed E-state index contributed by atoms with van der Waals surface area (Å²) in [6, 6.07) is 13.7. The van der Waals surface area contributed by atoms with Crippen LogP contribution in [0.15, 0.2) is 36.4 Å². The molecule has 0 radical (unpaired) electrons. The fourth-order valence-electron chi connectivity index (χ4n) is 2.66. The number of rotatable bonds is 4. The van der Waals surface area contributed by atoms with Crippen LogP contribution in [0.3, 0.4) is 0 Å². The molecule has 0 bridgehead atoms. The molecule has 1 atom stereocenters. The average Bonchev–Trinajstić information content (AvgIpc) is 2.43. The van der Waals surface area contributed by atoms with Gasteiger partial charge >= 0.3 is 0 Å². The van der Waals surface area contributed by atoms with Crippen molar-refractivity contribution in [2.75, 3.05) is 0 Å².